The van der Waals surface area contributed by atoms with E-state index in [1.807, 2.05) is 18.2 Å². The molecule has 1 aromatic heterocycles. The summed E-state index contributed by atoms with van der Waals surface area (Å²) in [6, 6.07) is 11.6. The van der Waals surface area contributed by atoms with Crippen LogP contribution in [-0.2, 0) is 11.2 Å². The fourth-order valence-corrected chi connectivity index (χ4v) is 3.42. The highest BCUT2D eigenvalue weighted by Crippen LogP contribution is 2.26. The Balaban J connectivity index is 1.47. The molecule has 28 heavy (non-hydrogen) atoms. The van der Waals surface area contributed by atoms with Crippen LogP contribution in [-0.4, -0.2) is 35.3 Å². The van der Waals surface area contributed by atoms with Gasteiger partial charge in [-0.2, -0.15) is 5.10 Å². The summed E-state index contributed by atoms with van der Waals surface area (Å²) >= 11 is 6.41. The van der Waals surface area contributed by atoms with Gasteiger partial charge >= 0.3 is 0 Å². The number of carbonyl (C=O) groups excluding carboxylic acids is 1. The fraction of sp³-hybridized carbons (Fsp3) is 0.238. The Kier molecular flexibility index (Phi) is 5.52. The highest BCUT2D eigenvalue weighted by molar-refractivity contribution is 6.31. The van der Waals surface area contributed by atoms with Crippen molar-refractivity contribution in [3.8, 4) is 5.69 Å². The van der Waals surface area contributed by atoms with Crippen LogP contribution in [0, 0.1) is 5.82 Å². The third-order valence-electron chi connectivity index (χ3n) is 4.72. The Morgan fingerprint density at radius 2 is 2.11 bits per heavy atom. The lowest BCUT2D eigenvalue weighted by molar-refractivity contribution is 0.0277. The summed E-state index contributed by atoms with van der Waals surface area (Å²) < 4.78 is 20.3. The van der Waals surface area contributed by atoms with Crippen LogP contribution < -0.4 is 5.32 Å². The van der Waals surface area contributed by atoms with E-state index in [0.717, 1.165) is 24.2 Å². The van der Waals surface area contributed by atoms with E-state index in [2.05, 4.69) is 10.4 Å². The molecule has 1 fully saturated rings. The molecule has 1 saturated heterocycles. The minimum atomic E-state index is -0.320. The van der Waals surface area contributed by atoms with Gasteiger partial charge in [-0.15, -0.1) is 0 Å². The van der Waals surface area contributed by atoms with Crippen molar-refractivity contribution < 1.29 is 13.9 Å². The molecule has 1 unspecified atom stereocenters. The number of ketones is 1. The van der Waals surface area contributed by atoms with Crippen LogP contribution in [0.25, 0.3) is 5.69 Å². The van der Waals surface area contributed by atoms with Gasteiger partial charge in [0.2, 0.25) is 0 Å². The van der Waals surface area contributed by atoms with E-state index in [1.54, 1.807) is 23.0 Å². The highest BCUT2D eigenvalue weighted by atomic mass is 35.5. The van der Waals surface area contributed by atoms with Crippen LogP contribution in [0.4, 0.5) is 4.39 Å². The lowest BCUT2D eigenvalue weighted by Gasteiger charge is -2.24. The van der Waals surface area contributed by atoms with Gasteiger partial charge in [-0.1, -0.05) is 23.7 Å². The van der Waals surface area contributed by atoms with Gasteiger partial charge in [0.15, 0.2) is 5.78 Å². The fourth-order valence-electron chi connectivity index (χ4n) is 3.16. The van der Waals surface area contributed by atoms with Crippen molar-refractivity contribution in [3.63, 3.8) is 0 Å². The third kappa shape index (κ3) is 4.14. The van der Waals surface area contributed by atoms with Gasteiger partial charge in [0.1, 0.15) is 5.82 Å². The molecule has 0 amide bonds. The Bertz CT molecular complexity index is 982. The average Bonchev–Trinajstić information content (AvgIpc) is 3.21. The first kappa shape index (κ1) is 18.8. The standard InChI is InChI=1S/C21H19ClFN3O2/c22-19-9-15(21-12-24-7-8-28-21)2-1-14(19)10-20(27)16-11-25-26(13-16)18-5-3-17(23)4-6-18/h1-6,9,11,13,21,24H,7-8,10,12H2. The van der Waals surface area contributed by atoms with E-state index < -0.39 is 0 Å². The quantitative estimate of drug-likeness (QED) is 0.664. The van der Waals surface area contributed by atoms with Gasteiger partial charge in [-0.05, 0) is 41.5 Å². The number of ether oxygens (including phenoxy) is 1. The molecular weight excluding hydrogens is 381 g/mol. The Morgan fingerprint density at radius 1 is 1.29 bits per heavy atom. The summed E-state index contributed by atoms with van der Waals surface area (Å²) in [5, 5.41) is 8.03. The smallest absolute Gasteiger partial charge is 0.170 e. The molecule has 1 aliphatic rings. The molecule has 144 valence electrons. The Labute approximate surface area is 167 Å². The largest absolute Gasteiger partial charge is 0.371 e. The summed E-state index contributed by atoms with van der Waals surface area (Å²) in [4.78, 5) is 12.6. The van der Waals surface area contributed by atoms with Gasteiger partial charge in [0.05, 0.1) is 30.2 Å². The lowest BCUT2D eigenvalue weighted by atomic mass is 10.0. The van der Waals surface area contributed by atoms with Crippen molar-refractivity contribution in [2.75, 3.05) is 19.7 Å². The van der Waals surface area contributed by atoms with Crippen LogP contribution in [0.15, 0.2) is 54.9 Å². The maximum atomic E-state index is 13.1. The first-order valence-electron chi connectivity index (χ1n) is 9.04. The van der Waals surface area contributed by atoms with Gasteiger partial charge < -0.3 is 10.1 Å². The molecule has 0 spiro atoms. The lowest BCUT2D eigenvalue weighted by Crippen LogP contribution is -2.33. The number of Topliss-reactive ketones (excluding diaryl/α,β-unsaturated/α-hetero) is 1. The molecule has 1 atom stereocenters. The maximum absolute atomic E-state index is 13.1. The highest BCUT2D eigenvalue weighted by Gasteiger charge is 2.18. The molecule has 0 bridgehead atoms. The zero-order valence-corrected chi connectivity index (χ0v) is 15.8. The molecule has 4 rings (SSSR count). The van der Waals surface area contributed by atoms with E-state index in [1.165, 1.54) is 18.3 Å². The van der Waals surface area contributed by atoms with Crippen molar-refractivity contribution in [2.24, 2.45) is 0 Å². The number of aromatic nitrogens is 2. The Hall–Kier alpha value is -2.54. The van der Waals surface area contributed by atoms with Crippen LogP contribution in [0.5, 0.6) is 0 Å². The predicted molar refractivity (Wildman–Crippen MR) is 105 cm³/mol. The number of carbonyl (C=O) groups is 1. The summed E-state index contributed by atoms with van der Waals surface area (Å²) in [6.45, 7) is 2.26. The van der Waals surface area contributed by atoms with Crippen LogP contribution >= 0.6 is 11.6 Å². The van der Waals surface area contributed by atoms with Crippen molar-refractivity contribution in [1.29, 1.82) is 0 Å². The molecule has 2 aromatic carbocycles. The molecule has 5 nitrogen and oxygen atoms in total. The van der Waals surface area contributed by atoms with E-state index in [9.17, 15) is 9.18 Å². The monoisotopic (exact) mass is 399 g/mol. The molecule has 7 heteroatoms. The number of hydrogen-bond acceptors (Lipinski definition) is 4. The van der Waals surface area contributed by atoms with Gasteiger partial charge in [-0.3, -0.25) is 4.79 Å². The number of nitrogens with one attached hydrogen (secondary N) is 1. The van der Waals surface area contributed by atoms with Crippen LogP contribution in [0.2, 0.25) is 5.02 Å². The number of morpholine rings is 1. The summed E-state index contributed by atoms with van der Waals surface area (Å²) in [7, 11) is 0. The maximum Gasteiger partial charge on any atom is 0.170 e. The normalized spacial score (nSPS) is 16.9. The SMILES string of the molecule is O=C(Cc1ccc(C2CNCCO2)cc1Cl)c1cnn(-c2ccc(F)cc2)c1. The molecule has 0 radical (unpaired) electrons. The second-order valence-corrected chi connectivity index (χ2v) is 7.07. The molecule has 2 heterocycles. The molecule has 0 saturated carbocycles. The number of halogens is 2. The summed E-state index contributed by atoms with van der Waals surface area (Å²) in [5.41, 5.74) is 2.92. The summed E-state index contributed by atoms with van der Waals surface area (Å²) in [5.74, 6) is -0.404. The average molecular weight is 400 g/mol. The van der Waals surface area contributed by atoms with Crippen molar-refractivity contribution in [1.82, 2.24) is 15.1 Å². The molecule has 1 N–H and O–H groups in total. The third-order valence-corrected chi connectivity index (χ3v) is 5.08. The van der Waals surface area contributed by atoms with E-state index >= 15 is 0 Å². The second kappa shape index (κ2) is 8.22. The van der Waals surface area contributed by atoms with Crippen LogP contribution in [0.3, 0.4) is 0 Å². The van der Waals surface area contributed by atoms with Crippen LogP contribution in [0.1, 0.15) is 27.6 Å². The molecule has 1 aliphatic heterocycles. The number of rotatable bonds is 5. The van der Waals surface area contributed by atoms with Gasteiger partial charge in [-0.25, -0.2) is 9.07 Å². The van der Waals surface area contributed by atoms with E-state index in [0.29, 0.717) is 22.9 Å². The zero-order valence-electron chi connectivity index (χ0n) is 15.1. The minimum absolute atomic E-state index is 0.0232. The van der Waals surface area contributed by atoms with Gasteiger partial charge in [0.25, 0.3) is 0 Å². The topological polar surface area (TPSA) is 56.1 Å². The summed E-state index contributed by atoms with van der Waals surface area (Å²) in [6.07, 6.45) is 3.30. The van der Waals surface area contributed by atoms with E-state index in [4.69, 9.17) is 16.3 Å². The predicted octanol–water partition coefficient (Wildman–Crippen LogP) is 3.75. The van der Waals surface area contributed by atoms with Crippen molar-refractivity contribution in [3.05, 3.63) is 82.4 Å². The molecular formula is C21H19ClFN3O2. The number of hydrogen-bond donors (Lipinski definition) is 1. The molecule has 0 aliphatic carbocycles. The Morgan fingerprint density at radius 3 is 2.82 bits per heavy atom. The second-order valence-electron chi connectivity index (χ2n) is 6.66. The molecule has 3 aromatic rings. The minimum Gasteiger partial charge on any atom is -0.371 e. The number of benzene rings is 2. The van der Waals surface area contributed by atoms with Crippen molar-refractivity contribution >= 4 is 17.4 Å². The first-order valence-corrected chi connectivity index (χ1v) is 9.42. The van der Waals surface area contributed by atoms with Gasteiger partial charge in [0, 0.05) is 30.7 Å². The van der Waals surface area contributed by atoms with E-state index in [-0.39, 0.29) is 24.1 Å². The number of nitrogens with zero attached hydrogens (tertiary/aromatic N) is 2. The first-order chi connectivity index (χ1) is 13.6. The van der Waals surface area contributed by atoms with Crippen molar-refractivity contribution in [2.45, 2.75) is 12.5 Å². The zero-order chi connectivity index (χ0) is 19.5.